The first-order valence-electron chi connectivity index (χ1n) is 12.2. The lowest BCUT2D eigenvalue weighted by molar-refractivity contribution is -0.134. The second-order valence-corrected chi connectivity index (χ2v) is 12.9. The molecule has 1 saturated heterocycles. The van der Waals surface area contributed by atoms with Crippen molar-refractivity contribution in [1.82, 2.24) is 9.21 Å². The molecule has 1 amide bonds. The molecule has 1 heterocycles. The summed E-state index contributed by atoms with van der Waals surface area (Å²) in [5.74, 6) is 0.513. The van der Waals surface area contributed by atoms with Crippen molar-refractivity contribution in [3.8, 4) is 5.75 Å². The van der Waals surface area contributed by atoms with Crippen LogP contribution in [0.3, 0.4) is 0 Å². The maximum absolute atomic E-state index is 13.6. The van der Waals surface area contributed by atoms with E-state index in [-0.39, 0.29) is 40.4 Å². The Morgan fingerprint density at radius 1 is 0.974 bits per heavy atom. The number of carbonyl (C=O) groups excluding carboxylic acids is 1. The molecule has 10 heteroatoms. The lowest BCUT2D eigenvalue weighted by Gasteiger charge is -2.42. The normalized spacial score (nSPS) is 18.2. The minimum atomic E-state index is -3.90. The third-order valence-corrected chi connectivity index (χ3v) is 9.18. The van der Waals surface area contributed by atoms with Crippen molar-refractivity contribution in [2.75, 3.05) is 26.7 Å². The van der Waals surface area contributed by atoms with Gasteiger partial charge in [0, 0.05) is 53.6 Å². The molecule has 6 nitrogen and oxygen atoms in total. The Morgan fingerprint density at radius 2 is 1.63 bits per heavy atom. The van der Waals surface area contributed by atoms with E-state index in [0.29, 0.717) is 36.7 Å². The van der Waals surface area contributed by atoms with Crippen LogP contribution in [0, 0.1) is 5.41 Å². The minimum absolute atomic E-state index is 0.0249. The minimum Gasteiger partial charge on any atom is -0.493 e. The van der Waals surface area contributed by atoms with E-state index in [1.165, 1.54) is 22.5 Å². The molecule has 1 fully saturated rings. The van der Waals surface area contributed by atoms with Gasteiger partial charge in [-0.05, 0) is 60.9 Å². The highest BCUT2D eigenvalue weighted by Crippen LogP contribution is 2.38. The van der Waals surface area contributed by atoms with Crippen molar-refractivity contribution in [2.45, 2.75) is 30.7 Å². The monoisotopic (exact) mass is 594 g/mol. The number of piperidine rings is 1. The quantitative estimate of drug-likeness (QED) is 0.282. The Bertz CT molecular complexity index is 1350. The third kappa shape index (κ3) is 7.21. The van der Waals surface area contributed by atoms with Crippen LogP contribution >= 0.6 is 34.8 Å². The van der Waals surface area contributed by atoms with Gasteiger partial charge in [0.15, 0.2) is 0 Å². The fraction of sp³-hybridized carbons (Fsp3) is 0.321. The molecule has 1 aliphatic rings. The lowest BCUT2D eigenvalue weighted by Crippen LogP contribution is -2.50. The molecule has 4 rings (SSSR count). The number of hydrogen-bond acceptors (Lipinski definition) is 4. The molecular weight excluding hydrogens is 567 g/mol. The first-order chi connectivity index (χ1) is 18.1. The Morgan fingerprint density at radius 3 is 2.29 bits per heavy atom. The lowest BCUT2D eigenvalue weighted by atomic mass is 9.78. The highest BCUT2D eigenvalue weighted by molar-refractivity contribution is 7.89. The van der Waals surface area contributed by atoms with Gasteiger partial charge < -0.3 is 9.64 Å². The van der Waals surface area contributed by atoms with Crippen LogP contribution in [0.2, 0.25) is 15.1 Å². The van der Waals surface area contributed by atoms with E-state index in [9.17, 15) is 13.2 Å². The zero-order valence-electron chi connectivity index (χ0n) is 20.9. The molecule has 202 valence electrons. The number of benzene rings is 3. The van der Waals surface area contributed by atoms with E-state index in [2.05, 4.69) is 0 Å². The van der Waals surface area contributed by atoms with Crippen LogP contribution in [-0.2, 0) is 21.4 Å². The van der Waals surface area contributed by atoms with Gasteiger partial charge in [-0.2, -0.15) is 4.31 Å². The molecule has 0 aliphatic carbocycles. The summed E-state index contributed by atoms with van der Waals surface area (Å²) in [6, 6.07) is 21.0. The molecule has 0 spiro atoms. The van der Waals surface area contributed by atoms with Gasteiger partial charge in [-0.1, -0.05) is 65.1 Å². The topological polar surface area (TPSA) is 66.9 Å². The van der Waals surface area contributed by atoms with Gasteiger partial charge >= 0.3 is 0 Å². The first kappa shape index (κ1) is 28.7. The van der Waals surface area contributed by atoms with Gasteiger partial charge in [0.25, 0.3) is 0 Å². The van der Waals surface area contributed by atoms with Crippen molar-refractivity contribution in [3.63, 3.8) is 0 Å². The largest absolute Gasteiger partial charge is 0.493 e. The third-order valence-electron chi connectivity index (χ3n) is 6.67. The van der Waals surface area contributed by atoms with Crippen LogP contribution in [0.4, 0.5) is 0 Å². The molecule has 0 aromatic heterocycles. The number of rotatable bonds is 9. The molecule has 0 bridgehead atoms. The van der Waals surface area contributed by atoms with E-state index in [1.54, 1.807) is 36.2 Å². The molecule has 3 aromatic rings. The van der Waals surface area contributed by atoms with Crippen LogP contribution in [0.1, 0.15) is 24.8 Å². The van der Waals surface area contributed by atoms with Crippen LogP contribution in [0.25, 0.3) is 0 Å². The average Bonchev–Trinajstić information content (AvgIpc) is 2.88. The molecule has 0 saturated carbocycles. The summed E-state index contributed by atoms with van der Waals surface area (Å²) < 4.78 is 34.7. The molecular formula is C28H29Cl3N2O4S. The number of sulfonamides is 1. The summed E-state index contributed by atoms with van der Waals surface area (Å²) in [5.41, 5.74) is 0.274. The molecule has 0 unspecified atom stereocenters. The number of ether oxygens (including phenoxy) is 1. The highest BCUT2D eigenvalue weighted by Gasteiger charge is 2.43. The zero-order valence-corrected chi connectivity index (χ0v) is 24.0. The van der Waals surface area contributed by atoms with E-state index in [1.807, 2.05) is 30.3 Å². The van der Waals surface area contributed by atoms with Gasteiger partial charge in [-0.15, -0.1) is 0 Å². The predicted octanol–water partition coefficient (Wildman–Crippen LogP) is 6.55. The van der Waals surface area contributed by atoms with Crippen molar-refractivity contribution >= 4 is 50.7 Å². The molecule has 0 N–H and O–H groups in total. The van der Waals surface area contributed by atoms with Gasteiger partial charge in [-0.3, -0.25) is 4.79 Å². The molecule has 0 radical (unpaired) electrons. The number of hydrogen-bond donors (Lipinski definition) is 0. The Hall–Kier alpha value is -2.29. The average molecular weight is 596 g/mol. The summed E-state index contributed by atoms with van der Waals surface area (Å²) in [5, 5.41) is 1.06. The Labute approximate surface area is 239 Å². The van der Waals surface area contributed by atoms with E-state index < -0.39 is 15.4 Å². The molecule has 38 heavy (non-hydrogen) atoms. The fourth-order valence-corrected chi connectivity index (χ4v) is 7.12. The summed E-state index contributed by atoms with van der Waals surface area (Å²) in [6.07, 6.45) is 1.34. The van der Waals surface area contributed by atoms with Crippen LogP contribution in [-0.4, -0.2) is 50.3 Å². The second-order valence-electron chi connectivity index (χ2n) is 9.70. The smallest absolute Gasteiger partial charge is 0.243 e. The van der Waals surface area contributed by atoms with Gasteiger partial charge in [0.05, 0.1) is 11.5 Å². The van der Waals surface area contributed by atoms with Crippen LogP contribution in [0.5, 0.6) is 5.75 Å². The Kier molecular flexibility index (Phi) is 9.27. The predicted molar refractivity (Wildman–Crippen MR) is 151 cm³/mol. The van der Waals surface area contributed by atoms with E-state index in [0.717, 1.165) is 5.56 Å². The van der Waals surface area contributed by atoms with Crippen LogP contribution in [0.15, 0.2) is 77.7 Å². The summed E-state index contributed by atoms with van der Waals surface area (Å²) in [6.45, 7) is 1.07. The second kappa shape index (κ2) is 12.3. The SMILES string of the molecule is CN(Cc1ccccc1)C(=O)C[C@]1(COc2ccc(Cl)cc2)CCCN(S(=O)(=O)c2cc(Cl)cc(Cl)c2)C1. The van der Waals surface area contributed by atoms with Gasteiger partial charge in [0.1, 0.15) is 5.75 Å². The summed E-state index contributed by atoms with van der Waals surface area (Å²) >= 11 is 18.2. The van der Waals surface area contributed by atoms with E-state index in [4.69, 9.17) is 39.5 Å². The van der Waals surface area contributed by atoms with Crippen molar-refractivity contribution < 1.29 is 17.9 Å². The maximum Gasteiger partial charge on any atom is 0.243 e. The molecule has 1 aliphatic heterocycles. The molecule has 3 aromatic carbocycles. The zero-order chi connectivity index (χ0) is 27.3. The summed E-state index contributed by atoms with van der Waals surface area (Å²) in [7, 11) is -2.15. The van der Waals surface area contributed by atoms with Gasteiger partial charge in [-0.25, -0.2) is 8.42 Å². The summed E-state index contributed by atoms with van der Waals surface area (Å²) in [4.78, 5) is 15.1. The first-order valence-corrected chi connectivity index (χ1v) is 14.8. The highest BCUT2D eigenvalue weighted by atomic mass is 35.5. The Balaban J connectivity index is 1.59. The number of halogens is 3. The standard InChI is InChI=1S/C28H29Cl3N2O4S/c1-32(18-21-6-3-2-4-7-21)27(34)17-28(20-37-25-10-8-22(29)9-11-25)12-5-13-33(19-28)38(35,36)26-15-23(30)14-24(31)16-26/h2-4,6-11,14-16H,5,12-13,17-20H2,1H3/t28-/m1/s1. The van der Waals surface area contributed by atoms with Crippen molar-refractivity contribution in [2.24, 2.45) is 5.41 Å². The number of nitrogens with zero attached hydrogens (tertiary/aromatic N) is 2. The maximum atomic E-state index is 13.6. The fourth-order valence-electron chi connectivity index (χ4n) is 4.68. The van der Waals surface area contributed by atoms with Crippen LogP contribution < -0.4 is 4.74 Å². The van der Waals surface area contributed by atoms with Gasteiger partial charge in [0.2, 0.25) is 15.9 Å². The number of carbonyl (C=O) groups is 1. The van der Waals surface area contributed by atoms with E-state index >= 15 is 0 Å². The molecule has 1 atom stereocenters. The van der Waals surface area contributed by atoms with Crippen molar-refractivity contribution in [1.29, 1.82) is 0 Å². The van der Waals surface area contributed by atoms with Crippen molar-refractivity contribution in [3.05, 3.63) is 93.4 Å². The number of amides is 1.